The molecule has 0 aromatic heterocycles. The van der Waals surface area contributed by atoms with Gasteiger partial charge in [-0.25, -0.2) is 4.79 Å². The molecule has 0 aliphatic carbocycles. The first kappa shape index (κ1) is 26.6. The second kappa shape index (κ2) is 13.0. The number of carbonyl (C=O) groups excluding carboxylic acids is 3. The lowest BCUT2D eigenvalue weighted by atomic mass is 10.0. The van der Waals surface area contributed by atoms with Crippen LogP contribution >= 0.6 is 0 Å². The number of carbonyl (C=O) groups is 4. The first-order valence-corrected chi connectivity index (χ1v) is 9.85. The van der Waals surface area contributed by atoms with Crippen LogP contribution in [0.3, 0.4) is 0 Å². The number of nitrogens with one attached hydrogen (secondary N) is 3. The number of alkyl carbamates (subject to hydrolysis) is 1. The predicted molar refractivity (Wildman–Crippen MR) is 108 cm³/mol. The quantitative estimate of drug-likeness (QED) is 0.293. The summed E-state index contributed by atoms with van der Waals surface area (Å²) >= 11 is 0. The lowest BCUT2D eigenvalue weighted by Crippen LogP contribution is -2.54. The fourth-order valence-corrected chi connectivity index (χ4v) is 2.47. The van der Waals surface area contributed by atoms with Crippen LogP contribution < -0.4 is 21.7 Å². The minimum absolute atomic E-state index is 0.0946. The number of carboxylic acid groups (broad SMARTS) is 1. The molecule has 1 unspecified atom stereocenters. The summed E-state index contributed by atoms with van der Waals surface area (Å²) in [6.07, 6.45) is 1.15. The van der Waals surface area contributed by atoms with E-state index >= 15 is 0 Å². The van der Waals surface area contributed by atoms with Crippen molar-refractivity contribution < 1.29 is 29.0 Å². The zero-order chi connectivity index (χ0) is 22.6. The maximum absolute atomic E-state index is 12.8. The molecule has 0 spiro atoms. The highest BCUT2D eigenvalue weighted by atomic mass is 16.6. The van der Waals surface area contributed by atoms with E-state index in [1.807, 2.05) is 13.8 Å². The Morgan fingerprint density at radius 2 is 1.62 bits per heavy atom. The smallest absolute Gasteiger partial charge is 0.408 e. The predicted octanol–water partition coefficient (Wildman–Crippen LogP) is 0.740. The lowest BCUT2D eigenvalue weighted by molar-refractivity contribution is -0.138. The third kappa shape index (κ3) is 13.4. The minimum atomic E-state index is -1.19. The van der Waals surface area contributed by atoms with Gasteiger partial charge < -0.3 is 31.5 Å². The van der Waals surface area contributed by atoms with E-state index in [1.165, 1.54) is 0 Å². The van der Waals surface area contributed by atoms with Crippen molar-refractivity contribution in [1.82, 2.24) is 16.0 Å². The Kier molecular flexibility index (Phi) is 11.9. The highest BCUT2D eigenvalue weighted by Crippen LogP contribution is 2.10. The molecule has 0 rings (SSSR count). The molecule has 6 N–H and O–H groups in total. The van der Waals surface area contributed by atoms with Crippen molar-refractivity contribution in [3.63, 3.8) is 0 Å². The van der Waals surface area contributed by atoms with Gasteiger partial charge in [0.25, 0.3) is 0 Å². The summed E-state index contributed by atoms with van der Waals surface area (Å²) in [5.41, 5.74) is 4.75. The summed E-state index contributed by atoms with van der Waals surface area (Å²) in [6, 6.07) is -1.82. The van der Waals surface area contributed by atoms with Crippen molar-refractivity contribution in [3.8, 4) is 0 Å². The molecule has 0 aromatic carbocycles. The second-order valence-corrected chi connectivity index (χ2v) is 8.29. The van der Waals surface area contributed by atoms with E-state index in [2.05, 4.69) is 16.0 Å². The monoisotopic (exact) mass is 416 g/mol. The summed E-state index contributed by atoms with van der Waals surface area (Å²) in [4.78, 5) is 47.8. The molecule has 0 bridgehead atoms. The zero-order valence-corrected chi connectivity index (χ0v) is 18.0. The van der Waals surface area contributed by atoms with Crippen LogP contribution in [0.15, 0.2) is 0 Å². The van der Waals surface area contributed by atoms with Crippen LogP contribution in [0.25, 0.3) is 0 Å². The van der Waals surface area contributed by atoms with E-state index < -0.39 is 48.1 Å². The number of hydrogen-bond donors (Lipinski definition) is 5. The van der Waals surface area contributed by atoms with E-state index in [0.29, 0.717) is 32.2 Å². The van der Waals surface area contributed by atoms with Crippen molar-refractivity contribution in [3.05, 3.63) is 0 Å². The van der Waals surface area contributed by atoms with Crippen LogP contribution in [0.5, 0.6) is 0 Å². The molecule has 0 aliphatic rings. The van der Waals surface area contributed by atoms with Crippen molar-refractivity contribution >= 4 is 23.9 Å². The molecule has 3 amide bonds. The fraction of sp³-hybridized carbons (Fsp3) is 0.789. The Labute approximate surface area is 172 Å². The Balaban J connectivity index is 5.17. The molecule has 29 heavy (non-hydrogen) atoms. The molecule has 0 fully saturated rings. The number of hydrogen-bond acceptors (Lipinski definition) is 6. The van der Waals surface area contributed by atoms with Crippen molar-refractivity contribution in [2.24, 2.45) is 11.7 Å². The van der Waals surface area contributed by atoms with Crippen molar-refractivity contribution in [2.45, 2.75) is 78.0 Å². The van der Waals surface area contributed by atoms with Gasteiger partial charge in [-0.2, -0.15) is 0 Å². The van der Waals surface area contributed by atoms with E-state index in [1.54, 1.807) is 20.8 Å². The molecule has 0 aromatic rings. The second-order valence-electron chi connectivity index (χ2n) is 8.29. The van der Waals surface area contributed by atoms with Gasteiger partial charge in [-0.3, -0.25) is 14.4 Å². The van der Waals surface area contributed by atoms with Crippen molar-refractivity contribution in [1.29, 1.82) is 0 Å². The maximum atomic E-state index is 12.8. The average Bonchev–Trinajstić information content (AvgIpc) is 2.56. The molecule has 2 atom stereocenters. The molecule has 0 saturated carbocycles. The maximum Gasteiger partial charge on any atom is 0.408 e. The highest BCUT2D eigenvalue weighted by Gasteiger charge is 2.28. The average molecular weight is 417 g/mol. The van der Waals surface area contributed by atoms with Crippen LogP contribution in [-0.4, -0.2) is 59.8 Å². The van der Waals surface area contributed by atoms with Gasteiger partial charge in [0.05, 0.1) is 0 Å². The summed E-state index contributed by atoms with van der Waals surface area (Å²) < 4.78 is 5.21. The largest absolute Gasteiger partial charge is 0.480 e. The number of nitrogens with two attached hydrogens (primary N) is 1. The molecule has 10 nitrogen and oxygen atoms in total. The number of unbranched alkanes of at least 4 members (excludes halogenated alkanes) is 1. The van der Waals surface area contributed by atoms with E-state index in [4.69, 9.17) is 15.6 Å². The van der Waals surface area contributed by atoms with Gasteiger partial charge in [0, 0.05) is 0 Å². The van der Waals surface area contributed by atoms with Crippen molar-refractivity contribution in [2.75, 3.05) is 13.1 Å². The number of aliphatic carboxylic acids is 1. The SMILES string of the molecule is CC(C)C[C@H](NC(=O)OC(C)(C)C)C(=O)NC(CCCCN)C(=O)NCC(=O)O. The minimum Gasteiger partial charge on any atom is -0.480 e. The Morgan fingerprint density at radius 3 is 2.10 bits per heavy atom. The molecule has 0 saturated heterocycles. The van der Waals surface area contributed by atoms with Gasteiger partial charge in [0.15, 0.2) is 0 Å². The normalized spacial score (nSPS) is 13.3. The van der Waals surface area contributed by atoms with Gasteiger partial charge in [-0.15, -0.1) is 0 Å². The number of ether oxygens (including phenoxy) is 1. The van der Waals surface area contributed by atoms with Gasteiger partial charge in [0.1, 0.15) is 24.2 Å². The van der Waals surface area contributed by atoms with Gasteiger partial charge in [-0.1, -0.05) is 13.8 Å². The van der Waals surface area contributed by atoms with Crippen LogP contribution in [0.2, 0.25) is 0 Å². The summed E-state index contributed by atoms with van der Waals surface area (Å²) in [5, 5.41) is 16.2. The molecule has 0 heterocycles. The first-order chi connectivity index (χ1) is 13.4. The lowest BCUT2D eigenvalue weighted by Gasteiger charge is -2.26. The Bertz CT molecular complexity index is 559. The first-order valence-electron chi connectivity index (χ1n) is 9.85. The number of rotatable bonds is 12. The molecular formula is C19H36N4O6. The molecular weight excluding hydrogens is 380 g/mol. The molecule has 0 aliphatic heterocycles. The van der Waals surface area contributed by atoms with Crippen LogP contribution in [0.1, 0.15) is 60.3 Å². The molecule has 168 valence electrons. The van der Waals surface area contributed by atoms with E-state index in [-0.39, 0.29) is 5.92 Å². The summed E-state index contributed by atoms with van der Waals surface area (Å²) in [7, 11) is 0. The van der Waals surface area contributed by atoms with E-state index in [0.717, 1.165) is 0 Å². The van der Waals surface area contributed by atoms with Crippen LogP contribution in [0, 0.1) is 5.92 Å². The third-order valence-electron chi connectivity index (χ3n) is 3.71. The van der Waals surface area contributed by atoms with Crippen LogP contribution in [0.4, 0.5) is 4.79 Å². The standard InChI is InChI=1S/C19H36N4O6/c1-12(2)10-14(23-18(28)29-19(3,4)5)17(27)22-13(8-6-7-9-20)16(26)21-11-15(24)25/h12-14H,6-11,20H2,1-5H3,(H,21,26)(H,22,27)(H,23,28)(H,24,25)/t13?,14-/m0/s1. The zero-order valence-electron chi connectivity index (χ0n) is 18.0. The third-order valence-corrected chi connectivity index (χ3v) is 3.71. The fourth-order valence-electron chi connectivity index (χ4n) is 2.47. The molecule has 0 radical (unpaired) electrons. The number of amides is 3. The van der Waals surface area contributed by atoms with Gasteiger partial charge >= 0.3 is 12.1 Å². The Morgan fingerprint density at radius 1 is 1.00 bits per heavy atom. The van der Waals surface area contributed by atoms with Gasteiger partial charge in [-0.05, 0) is 58.9 Å². The highest BCUT2D eigenvalue weighted by molar-refractivity contribution is 5.92. The van der Waals surface area contributed by atoms with E-state index in [9.17, 15) is 19.2 Å². The van der Waals surface area contributed by atoms with Crippen LogP contribution in [-0.2, 0) is 19.1 Å². The Hall–Kier alpha value is -2.36. The topological polar surface area (TPSA) is 160 Å². The summed E-state index contributed by atoms with van der Waals surface area (Å²) in [5.74, 6) is -2.22. The number of carboxylic acids is 1. The van der Waals surface area contributed by atoms with Gasteiger partial charge in [0.2, 0.25) is 11.8 Å². The molecule has 10 heteroatoms. The summed E-state index contributed by atoms with van der Waals surface area (Å²) in [6.45, 7) is 8.82.